The number of nitro groups is 2. The predicted octanol–water partition coefficient (Wildman–Crippen LogP) is 16.8. The zero-order valence-electron chi connectivity index (χ0n) is 44.9. The number of halogens is 5. The molecule has 9 aromatic carbocycles. The number of carbonyl (C=O) groups excluding carboxylic acids is 1. The minimum atomic E-state index is -0.509. The van der Waals surface area contributed by atoms with Crippen molar-refractivity contribution in [1.29, 1.82) is 0 Å². The second kappa shape index (κ2) is 35.5. The molecular formula is C64H59Cl5N4O10. The second-order valence-electron chi connectivity index (χ2n) is 17.7. The average Bonchev–Trinajstić information content (AvgIpc) is 3.49. The maximum atomic E-state index is 12.5. The van der Waals surface area contributed by atoms with E-state index in [1.54, 1.807) is 61.5 Å². The van der Waals surface area contributed by atoms with E-state index < -0.39 is 15.8 Å². The molecule has 0 aliphatic heterocycles. The van der Waals surface area contributed by atoms with Crippen LogP contribution < -0.4 is 25.3 Å². The number of rotatable bonds is 18. The highest BCUT2D eigenvalue weighted by molar-refractivity contribution is 6.32. The SMILES string of the molecule is Cc1ccc(Cl)cc1[N+](=O)[O-].Nc1cc(Cl)ccc1OCCc1ccccc1.O=C(Nc1cc(Cl)ccc1OCCc1ccccc1)c1cc(Cl)ccc1O.O=[N+]([O-])c1cc(Cl)ccc1OCCc1ccccc1.OCCc1ccccc1. The number of anilines is 2. The summed E-state index contributed by atoms with van der Waals surface area (Å²) in [5.41, 5.74) is 12.2. The number of nitrogens with zero attached hydrogens (tertiary/aromatic N) is 2. The minimum absolute atomic E-state index is 0.0671. The van der Waals surface area contributed by atoms with E-state index in [1.165, 1.54) is 47.5 Å². The van der Waals surface area contributed by atoms with Gasteiger partial charge in [0.1, 0.15) is 17.2 Å². The lowest BCUT2D eigenvalue weighted by Crippen LogP contribution is -2.13. The summed E-state index contributed by atoms with van der Waals surface area (Å²) in [5.74, 6) is 0.747. The molecule has 0 saturated heterocycles. The topological polar surface area (TPSA) is 210 Å². The Kier molecular flexibility index (Phi) is 28.0. The van der Waals surface area contributed by atoms with E-state index in [1.807, 2.05) is 109 Å². The first-order valence-electron chi connectivity index (χ1n) is 25.6. The van der Waals surface area contributed by atoms with Crippen LogP contribution in [0.15, 0.2) is 212 Å². The molecule has 0 saturated carbocycles. The maximum Gasteiger partial charge on any atom is 0.312 e. The first-order valence-corrected chi connectivity index (χ1v) is 27.5. The van der Waals surface area contributed by atoms with Crippen LogP contribution in [0.2, 0.25) is 25.1 Å². The Balaban J connectivity index is 0.000000200. The van der Waals surface area contributed by atoms with Crippen LogP contribution in [0.25, 0.3) is 0 Å². The molecule has 0 atom stereocenters. The van der Waals surface area contributed by atoms with Crippen molar-refractivity contribution in [1.82, 2.24) is 0 Å². The molecule has 83 heavy (non-hydrogen) atoms. The van der Waals surface area contributed by atoms with Gasteiger partial charge in [0.25, 0.3) is 11.6 Å². The molecule has 9 rings (SSSR count). The van der Waals surface area contributed by atoms with Crippen LogP contribution in [-0.2, 0) is 25.7 Å². The molecule has 0 fully saturated rings. The Morgan fingerprint density at radius 2 is 0.855 bits per heavy atom. The van der Waals surface area contributed by atoms with E-state index in [4.69, 9.17) is 83.1 Å². The Bertz CT molecular complexity index is 3460. The zero-order valence-corrected chi connectivity index (χ0v) is 48.7. The molecule has 14 nitrogen and oxygen atoms in total. The van der Waals surface area contributed by atoms with E-state index in [0.29, 0.717) is 79.8 Å². The summed E-state index contributed by atoms with van der Waals surface area (Å²) in [7, 11) is 0. The van der Waals surface area contributed by atoms with Gasteiger partial charge in [0.05, 0.1) is 46.6 Å². The summed E-state index contributed by atoms with van der Waals surface area (Å²) in [6, 6.07) is 63.4. The van der Waals surface area contributed by atoms with Gasteiger partial charge in [0.15, 0.2) is 5.75 Å². The van der Waals surface area contributed by atoms with Gasteiger partial charge in [-0.2, -0.15) is 0 Å². The number of carbonyl (C=O) groups is 1. The van der Waals surface area contributed by atoms with E-state index in [-0.39, 0.29) is 35.0 Å². The highest BCUT2D eigenvalue weighted by atomic mass is 35.5. The van der Waals surface area contributed by atoms with Crippen molar-refractivity contribution in [3.8, 4) is 23.0 Å². The average molecular weight is 1220 g/mol. The number of benzene rings is 9. The van der Waals surface area contributed by atoms with Crippen LogP contribution in [0.5, 0.6) is 23.0 Å². The minimum Gasteiger partial charge on any atom is -0.507 e. The van der Waals surface area contributed by atoms with E-state index >= 15 is 0 Å². The Morgan fingerprint density at radius 3 is 1.31 bits per heavy atom. The standard InChI is InChI=1S/C21H17Cl2NO3.C14H12ClNO3.C14H14ClNO.C8H10O.C7H6ClNO2/c22-15-6-8-19(25)17(12-15)21(26)24-18-13-16(23)7-9-20(18)27-11-10-14-4-2-1-3-5-14;15-12-6-7-14(13(10-12)16(17)18)19-9-8-11-4-2-1-3-5-11;15-12-6-7-14(13(16)10-12)17-9-8-11-4-2-1-3-5-11;9-7-6-8-4-2-1-3-5-8;1-5-2-3-6(8)4-7(5)9(10)11/h1-9,12-13,25H,10-11H2,(H,24,26);1-7,10H,8-9H2;1-7,10H,8-9,16H2;1-5,9H,6-7H2;2-4H,1H3. The molecule has 1 amide bonds. The van der Waals surface area contributed by atoms with E-state index in [2.05, 4.69) is 17.4 Å². The number of aromatic hydroxyl groups is 1. The molecule has 0 heterocycles. The molecule has 0 radical (unpaired) electrons. The summed E-state index contributed by atoms with van der Waals surface area (Å²) >= 11 is 29.1. The number of nitrogen functional groups attached to an aromatic ring is 1. The third kappa shape index (κ3) is 24.0. The van der Waals surface area contributed by atoms with Crippen molar-refractivity contribution in [3.63, 3.8) is 0 Å². The first kappa shape index (κ1) is 65.5. The number of phenols is 1. The first-order chi connectivity index (χ1) is 40.0. The van der Waals surface area contributed by atoms with Gasteiger partial charge in [-0.1, -0.05) is 185 Å². The van der Waals surface area contributed by atoms with Gasteiger partial charge in [-0.15, -0.1) is 0 Å². The number of nitrogens with two attached hydrogens (primary N) is 1. The smallest absolute Gasteiger partial charge is 0.312 e. The molecule has 0 aliphatic rings. The van der Waals surface area contributed by atoms with Gasteiger partial charge >= 0.3 is 5.69 Å². The van der Waals surface area contributed by atoms with Gasteiger partial charge in [0, 0.05) is 68.7 Å². The number of nitro benzene ring substituents is 2. The normalized spacial score (nSPS) is 10.1. The molecular weight excluding hydrogens is 1160 g/mol. The predicted molar refractivity (Wildman–Crippen MR) is 333 cm³/mol. The number of phenolic OH excluding ortho intramolecular Hbond substituents is 1. The van der Waals surface area contributed by atoms with Gasteiger partial charge in [-0.3, -0.25) is 25.0 Å². The second-order valence-corrected chi connectivity index (χ2v) is 19.9. The molecule has 0 unspecified atom stereocenters. The highest BCUT2D eigenvalue weighted by Gasteiger charge is 2.17. The third-order valence-corrected chi connectivity index (χ3v) is 12.7. The van der Waals surface area contributed by atoms with Crippen LogP contribution in [0.3, 0.4) is 0 Å². The number of nitrogens with one attached hydrogen (secondary N) is 1. The van der Waals surface area contributed by atoms with Crippen LogP contribution in [-0.4, -0.2) is 52.4 Å². The lowest BCUT2D eigenvalue weighted by atomic mass is 10.1. The number of aryl methyl sites for hydroxylation is 1. The van der Waals surface area contributed by atoms with Gasteiger partial charge in [-0.05, 0) is 108 Å². The van der Waals surface area contributed by atoms with Gasteiger partial charge < -0.3 is 35.5 Å². The van der Waals surface area contributed by atoms with Crippen molar-refractivity contribution in [2.24, 2.45) is 0 Å². The van der Waals surface area contributed by atoms with Crippen LogP contribution in [0.4, 0.5) is 22.7 Å². The van der Waals surface area contributed by atoms with Crippen molar-refractivity contribution in [2.45, 2.75) is 32.6 Å². The lowest BCUT2D eigenvalue weighted by Gasteiger charge is -2.14. The third-order valence-electron chi connectivity index (χ3n) is 11.6. The quantitative estimate of drug-likeness (QED) is 0.0361. The monoisotopic (exact) mass is 1220 g/mol. The largest absolute Gasteiger partial charge is 0.507 e. The summed E-state index contributed by atoms with van der Waals surface area (Å²) < 4.78 is 16.9. The fourth-order valence-corrected chi connectivity index (χ4v) is 8.19. The summed E-state index contributed by atoms with van der Waals surface area (Å²) in [6.07, 6.45) is 3.05. The molecule has 430 valence electrons. The molecule has 0 spiro atoms. The van der Waals surface area contributed by atoms with Crippen LogP contribution >= 0.6 is 58.0 Å². The Hall–Kier alpha value is -8.34. The number of hydrogen-bond donors (Lipinski definition) is 4. The van der Waals surface area contributed by atoms with Crippen LogP contribution in [0, 0.1) is 27.2 Å². The summed E-state index contributed by atoms with van der Waals surface area (Å²) in [5, 5.41) is 44.5. The zero-order chi connectivity index (χ0) is 59.9. The van der Waals surface area contributed by atoms with Crippen LogP contribution in [0.1, 0.15) is 38.2 Å². The van der Waals surface area contributed by atoms with E-state index in [0.717, 1.165) is 30.4 Å². The number of ether oxygens (including phenoxy) is 3. The summed E-state index contributed by atoms with van der Waals surface area (Å²) in [6.45, 7) is 3.34. The van der Waals surface area contributed by atoms with E-state index in [9.17, 15) is 30.1 Å². The molecule has 9 aromatic rings. The van der Waals surface area contributed by atoms with Gasteiger partial charge in [-0.25, -0.2) is 0 Å². The Labute approximate surface area is 506 Å². The highest BCUT2D eigenvalue weighted by Crippen LogP contribution is 2.32. The number of hydrogen-bond acceptors (Lipinski definition) is 11. The molecule has 5 N–H and O–H groups in total. The molecule has 19 heteroatoms. The fraction of sp³-hybridized carbons (Fsp3) is 0.141. The Morgan fingerprint density at radius 1 is 0.482 bits per heavy atom. The fourth-order valence-electron chi connectivity index (χ4n) is 7.34. The number of amides is 1. The van der Waals surface area contributed by atoms with Crippen molar-refractivity contribution in [3.05, 3.63) is 291 Å². The van der Waals surface area contributed by atoms with Gasteiger partial charge in [0.2, 0.25) is 0 Å². The molecule has 0 bridgehead atoms. The number of aliphatic hydroxyl groups excluding tert-OH is 1. The van der Waals surface area contributed by atoms with Crippen molar-refractivity contribution in [2.75, 3.05) is 37.5 Å². The number of aliphatic hydroxyl groups is 1. The molecule has 0 aromatic heterocycles. The van der Waals surface area contributed by atoms with Crippen molar-refractivity contribution < 1.29 is 39.1 Å². The van der Waals surface area contributed by atoms with Crippen molar-refractivity contribution >= 4 is 86.7 Å². The molecule has 0 aliphatic carbocycles. The maximum absolute atomic E-state index is 12.5. The summed E-state index contributed by atoms with van der Waals surface area (Å²) in [4.78, 5) is 32.8. The lowest BCUT2D eigenvalue weighted by molar-refractivity contribution is -0.385.